The third kappa shape index (κ3) is 6.05. The Morgan fingerprint density at radius 3 is 2.32 bits per heavy atom. The average Bonchev–Trinajstić information content (AvgIpc) is 3.12. The van der Waals surface area contributed by atoms with Crippen molar-refractivity contribution in [1.29, 1.82) is 0 Å². The molecule has 0 N–H and O–H groups in total. The summed E-state index contributed by atoms with van der Waals surface area (Å²) in [6.45, 7) is 4.04. The van der Waals surface area contributed by atoms with Crippen LogP contribution in [0.1, 0.15) is 36.3 Å². The lowest BCUT2D eigenvalue weighted by molar-refractivity contribution is -0.143. The Balaban J connectivity index is 1.73. The molecule has 0 aliphatic rings. The van der Waals surface area contributed by atoms with Crippen LogP contribution in [0.25, 0.3) is 11.1 Å². The maximum atomic E-state index is 14.5. The van der Waals surface area contributed by atoms with E-state index in [0.717, 1.165) is 22.4 Å². The van der Waals surface area contributed by atoms with Gasteiger partial charge in [0, 0.05) is 12.0 Å². The number of rotatable bonds is 9. The summed E-state index contributed by atoms with van der Waals surface area (Å²) in [5, 5.41) is 0. The van der Waals surface area contributed by atoms with Gasteiger partial charge in [0.2, 0.25) is 0 Å². The predicted molar refractivity (Wildman–Crippen MR) is 120 cm³/mol. The smallest absolute Gasteiger partial charge is 0.306 e. The summed E-state index contributed by atoms with van der Waals surface area (Å²) in [6.07, 6.45) is 1.18. The van der Waals surface area contributed by atoms with Crippen molar-refractivity contribution in [3.05, 3.63) is 74.4 Å². The number of hydrogen-bond acceptors (Lipinski definition) is 4. The Labute approximate surface area is 189 Å². The van der Waals surface area contributed by atoms with E-state index in [0.29, 0.717) is 9.90 Å². The predicted octanol–water partition coefficient (Wildman–Crippen LogP) is 6.98. The van der Waals surface area contributed by atoms with Gasteiger partial charge in [0.15, 0.2) is 17.4 Å². The second-order valence-electron chi connectivity index (χ2n) is 6.92. The lowest BCUT2D eigenvalue weighted by Gasteiger charge is -2.11. The first-order valence-electron chi connectivity index (χ1n) is 10.0. The van der Waals surface area contributed by atoms with Crippen molar-refractivity contribution in [3.8, 4) is 16.9 Å². The Hall–Kier alpha value is -2.44. The van der Waals surface area contributed by atoms with Gasteiger partial charge in [0.05, 0.1) is 15.8 Å². The van der Waals surface area contributed by atoms with Crippen molar-refractivity contribution in [1.82, 2.24) is 0 Å². The van der Waals surface area contributed by atoms with Crippen LogP contribution in [0.5, 0.6) is 5.75 Å². The Kier molecular flexibility index (Phi) is 8.04. The van der Waals surface area contributed by atoms with Crippen LogP contribution in [0.15, 0.2) is 42.5 Å². The number of esters is 1. The normalized spacial score (nSPS) is 10.9. The first-order valence-corrected chi connectivity index (χ1v) is 11.2. The van der Waals surface area contributed by atoms with Gasteiger partial charge in [0.25, 0.3) is 0 Å². The maximum Gasteiger partial charge on any atom is 0.306 e. The molecule has 0 bridgehead atoms. The van der Waals surface area contributed by atoms with Gasteiger partial charge in [-0.15, -0.1) is 11.3 Å². The van der Waals surface area contributed by atoms with Crippen molar-refractivity contribution < 1.29 is 23.0 Å². The van der Waals surface area contributed by atoms with Crippen LogP contribution in [0.4, 0.5) is 8.78 Å². The van der Waals surface area contributed by atoms with Crippen LogP contribution in [-0.4, -0.2) is 12.6 Å². The standard InChI is InChI=1S/C24H23ClF2O3S/c1-3-15-5-8-17(9-6-15)18-13-22(25)31-21(18)14-30-24-19(26)11-16(12-20(24)27)7-10-23(28)29-4-2/h5-6,8-9,11-13H,3-4,7,10,14H2,1-2H3. The minimum atomic E-state index is -0.810. The molecule has 0 aliphatic carbocycles. The molecule has 3 nitrogen and oxygen atoms in total. The average molecular weight is 465 g/mol. The summed E-state index contributed by atoms with van der Waals surface area (Å²) in [5.41, 5.74) is 3.43. The molecule has 3 aromatic rings. The van der Waals surface area contributed by atoms with Crippen molar-refractivity contribution in [2.45, 2.75) is 39.7 Å². The van der Waals surface area contributed by atoms with Gasteiger partial charge in [-0.05, 0) is 54.7 Å². The number of aryl methyl sites for hydroxylation is 2. The molecular formula is C24H23ClF2O3S. The highest BCUT2D eigenvalue weighted by molar-refractivity contribution is 7.16. The van der Waals surface area contributed by atoms with Gasteiger partial charge in [-0.25, -0.2) is 8.78 Å². The third-order valence-corrected chi connectivity index (χ3v) is 6.02. The molecule has 0 spiro atoms. The molecule has 1 aromatic heterocycles. The number of carbonyl (C=O) groups is 1. The van der Waals surface area contributed by atoms with E-state index in [9.17, 15) is 13.6 Å². The van der Waals surface area contributed by atoms with Crippen LogP contribution >= 0.6 is 22.9 Å². The maximum absolute atomic E-state index is 14.5. The van der Waals surface area contributed by atoms with Crippen LogP contribution in [0.3, 0.4) is 0 Å². The van der Waals surface area contributed by atoms with E-state index in [1.165, 1.54) is 29.0 Å². The fourth-order valence-electron chi connectivity index (χ4n) is 3.18. The number of halogens is 3. The van der Waals surface area contributed by atoms with Crippen LogP contribution in [-0.2, 0) is 29.0 Å². The highest BCUT2D eigenvalue weighted by atomic mass is 35.5. The van der Waals surface area contributed by atoms with Crippen LogP contribution in [0.2, 0.25) is 4.34 Å². The Morgan fingerprint density at radius 2 is 1.71 bits per heavy atom. The van der Waals surface area contributed by atoms with Gasteiger partial charge in [-0.3, -0.25) is 4.79 Å². The van der Waals surface area contributed by atoms with Crippen LogP contribution in [0, 0.1) is 11.6 Å². The number of ether oxygens (including phenoxy) is 2. The highest BCUT2D eigenvalue weighted by Gasteiger charge is 2.17. The number of carbonyl (C=O) groups excluding carboxylic acids is 1. The van der Waals surface area contributed by atoms with Crippen molar-refractivity contribution in [3.63, 3.8) is 0 Å². The Morgan fingerprint density at radius 1 is 1.03 bits per heavy atom. The van der Waals surface area contributed by atoms with E-state index >= 15 is 0 Å². The van der Waals surface area contributed by atoms with Crippen molar-refractivity contribution in [2.24, 2.45) is 0 Å². The fraction of sp³-hybridized carbons (Fsp3) is 0.292. The SMILES string of the molecule is CCOC(=O)CCc1cc(F)c(OCc2sc(Cl)cc2-c2ccc(CC)cc2)c(F)c1. The van der Waals surface area contributed by atoms with E-state index < -0.39 is 23.4 Å². The van der Waals surface area contributed by atoms with E-state index in [-0.39, 0.29) is 26.1 Å². The van der Waals surface area contributed by atoms with Gasteiger partial charge in [-0.2, -0.15) is 0 Å². The Bertz CT molecular complexity index is 1020. The first kappa shape index (κ1) is 23.2. The van der Waals surface area contributed by atoms with Crippen molar-refractivity contribution >= 4 is 28.9 Å². The summed E-state index contributed by atoms with van der Waals surface area (Å²) in [7, 11) is 0. The molecule has 1 heterocycles. The lowest BCUT2D eigenvalue weighted by atomic mass is 10.0. The molecule has 0 aliphatic heterocycles. The molecule has 7 heteroatoms. The zero-order chi connectivity index (χ0) is 22.4. The molecule has 0 fully saturated rings. The summed E-state index contributed by atoms with van der Waals surface area (Å²) < 4.78 is 39.9. The van der Waals surface area contributed by atoms with Gasteiger partial charge in [0.1, 0.15) is 6.61 Å². The lowest BCUT2D eigenvalue weighted by Crippen LogP contribution is -2.06. The number of benzene rings is 2. The quantitative estimate of drug-likeness (QED) is 0.320. The molecule has 0 saturated carbocycles. The molecule has 0 saturated heterocycles. The molecule has 0 atom stereocenters. The summed E-state index contributed by atoms with van der Waals surface area (Å²) in [4.78, 5) is 12.2. The van der Waals surface area contributed by atoms with Gasteiger partial charge in [-0.1, -0.05) is 42.8 Å². The van der Waals surface area contributed by atoms with Crippen LogP contribution < -0.4 is 4.74 Å². The molecule has 0 amide bonds. The second kappa shape index (κ2) is 10.7. The first-order chi connectivity index (χ1) is 14.9. The van der Waals surface area contributed by atoms with E-state index in [1.807, 2.05) is 30.3 Å². The summed E-state index contributed by atoms with van der Waals surface area (Å²) in [5.74, 6) is -2.47. The molecule has 0 radical (unpaired) electrons. The molecule has 2 aromatic carbocycles. The third-order valence-electron chi connectivity index (χ3n) is 4.78. The molecule has 164 valence electrons. The van der Waals surface area contributed by atoms with E-state index in [2.05, 4.69) is 6.92 Å². The fourth-order valence-corrected chi connectivity index (χ4v) is 4.38. The van der Waals surface area contributed by atoms with Gasteiger partial charge < -0.3 is 9.47 Å². The molecule has 3 rings (SSSR count). The zero-order valence-electron chi connectivity index (χ0n) is 17.3. The molecular weight excluding hydrogens is 442 g/mol. The minimum Gasteiger partial charge on any atom is -0.482 e. The monoisotopic (exact) mass is 464 g/mol. The summed E-state index contributed by atoms with van der Waals surface area (Å²) >= 11 is 7.51. The van der Waals surface area contributed by atoms with E-state index in [4.69, 9.17) is 21.1 Å². The van der Waals surface area contributed by atoms with Crippen molar-refractivity contribution in [2.75, 3.05) is 6.61 Å². The topological polar surface area (TPSA) is 35.5 Å². The second-order valence-corrected chi connectivity index (χ2v) is 8.69. The minimum absolute atomic E-state index is 0.0156. The summed E-state index contributed by atoms with van der Waals surface area (Å²) in [6, 6.07) is 12.3. The van der Waals surface area contributed by atoms with Gasteiger partial charge >= 0.3 is 5.97 Å². The molecule has 31 heavy (non-hydrogen) atoms. The van der Waals surface area contributed by atoms with E-state index in [1.54, 1.807) is 6.92 Å². The zero-order valence-corrected chi connectivity index (χ0v) is 18.9. The highest BCUT2D eigenvalue weighted by Crippen LogP contribution is 2.36. The number of thiophene rings is 1. The largest absolute Gasteiger partial charge is 0.482 e. The number of hydrogen-bond donors (Lipinski definition) is 0. The molecule has 0 unspecified atom stereocenters.